The number of aryl methyl sites for hydroxylation is 1. The van der Waals surface area contributed by atoms with Crippen molar-refractivity contribution in [2.45, 2.75) is 45.6 Å². The Labute approximate surface area is 96.9 Å². The lowest BCUT2D eigenvalue weighted by Gasteiger charge is -2.25. The SMILES string of the molecule is CCc1ccc(CNCCC2CCC2)s1. The minimum atomic E-state index is 1.03. The summed E-state index contributed by atoms with van der Waals surface area (Å²) in [5.74, 6) is 1.03. The van der Waals surface area contributed by atoms with Crippen LogP contribution in [0.25, 0.3) is 0 Å². The molecule has 0 aromatic carbocycles. The first-order chi connectivity index (χ1) is 7.38. The molecule has 15 heavy (non-hydrogen) atoms. The number of thiophene rings is 1. The second-order valence-corrected chi connectivity index (χ2v) is 5.74. The molecule has 0 spiro atoms. The average molecular weight is 223 g/mol. The third kappa shape index (κ3) is 3.32. The minimum Gasteiger partial charge on any atom is -0.312 e. The van der Waals surface area contributed by atoms with Crippen LogP contribution in [0.4, 0.5) is 0 Å². The zero-order valence-electron chi connectivity index (χ0n) is 9.59. The molecule has 1 aromatic rings. The Bertz CT molecular complexity index is 288. The van der Waals surface area contributed by atoms with E-state index < -0.39 is 0 Å². The molecule has 0 bridgehead atoms. The van der Waals surface area contributed by atoms with Crippen molar-refractivity contribution in [3.8, 4) is 0 Å². The van der Waals surface area contributed by atoms with Gasteiger partial charge >= 0.3 is 0 Å². The molecular formula is C13H21NS. The van der Waals surface area contributed by atoms with Gasteiger partial charge < -0.3 is 5.32 Å². The van der Waals surface area contributed by atoms with Gasteiger partial charge in [-0.2, -0.15) is 0 Å². The lowest BCUT2D eigenvalue weighted by molar-refractivity contribution is 0.292. The summed E-state index contributed by atoms with van der Waals surface area (Å²) in [5.41, 5.74) is 0. The second kappa shape index (κ2) is 5.66. The maximum atomic E-state index is 3.55. The van der Waals surface area contributed by atoms with Crippen LogP contribution < -0.4 is 5.32 Å². The van der Waals surface area contributed by atoms with Crippen LogP contribution in [0.1, 0.15) is 42.4 Å². The summed E-state index contributed by atoms with van der Waals surface area (Å²) in [5, 5.41) is 3.55. The minimum absolute atomic E-state index is 1.03. The van der Waals surface area contributed by atoms with Gasteiger partial charge in [-0.25, -0.2) is 0 Å². The summed E-state index contributed by atoms with van der Waals surface area (Å²) < 4.78 is 0. The molecule has 1 aromatic heterocycles. The largest absolute Gasteiger partial charge is 0.312 e. The van der Waals surface area contributed by atoms with E-state index in [-0.39, 0.29) is 0 Å². The molecule has 84 valence electrons. The summed E-state index contributed by atoms with van der Waals surface area (Å²) in [6.07, 6.45) is 6.97. The summed E-state index contributed by atoms with van der Waals surface area (Å²) in [6, 6.07) is 4.52. The maximum Gasteiger partial charge on any atom is 0.0299 e. The summed E-state index contributed by atoms with van der Waals surface area (Å²) >= 11 is 1.95. The number of rotatable bonds is 6. The quantitative estimate of drug-likeness (QED) is 0.727. The molecule has 2 rings (SSSR count). The van der Waals surface area contributed by atoms with Gasteiger partial charge in [-0.15, -0.1) is 11.3 Å². The third-order valence-corrected chi connectivity index (χ3v) is 4.55. The Hall–Kier alpha value is -0.340. The molecule has 0 radical (unpaired) electrons. The topological polar surface area (TPSA) is 12.0 Å². The maximum absolute atomic E-state index is 3.55. The van der Waals surface area contributed by atoms with E-state index in [1.54, 1.807) is 0 Å². The molecular weight excluding hydrogens is 202 g/mol. The van der Waals surface area contributed by atoms with Crippen LogP contribution in [0.3, 0.4) is 0 Å². The Morgan fingerprint density at radius 3 is 2.73 bits per heavy atom. The molecule has 1 heterocycles. The highest BCUT2D eigenvalue weighted by Crippen LogP contribution is 2.28. The van der Waals surface area contributed by atoms with Gasteiger partial charge in [0.2, 0.25) is 0 Å². The number of hydrogen-bond donors (Lipinski definition) is 1. The first kappa shape index (κ1) is 11.2. The van der Waals surface area contributed by atoms with E-state index in [0.717, 1.165) is 12.5 Å². The summed E-state index contributed by atoms with van der Waals surface area (Å²) in [7, 11) is 0. The molecule has 1 N–H and O–H groups in total. The van der Waals surface area contributed by atoms with E-state index in [4.69, 9.17) is 0 Å². The fourth-order valence-corrected chi connectivity index (χ4v) is 2.93. The van der Waals surface area contributed by atoms with Gasteiger partial charge in [0.1, 0.15) is 0 Å². The molecule has 0 unspecified atom stereocenters. The lowest BCUT2D eigenvalue weighted by Crippen LogP contribution is -2.20. The Kier molecular flexibility index (Phi) is 4.21. The van der Waals surface area contributed by atoms with Crippen LogP contribution in [-0.4, -0.2) is 6.54 Å². The highest BCUT2D eigenvalue weighted by atomic mass is 32.1. The Balaban J connectivity index is 1.60. The molecule has 0 amide bonds. The van der Waals surface area contributed by atoms with Crippen molar-refractivity contribution in [2.75, 3.05) is 6.54 Å². The van der Waals surface area contributed by atoms with Crippen LogP contribution in [0, 0.1) is 5.92 Å². The molecule has 0 aliphatic heterocycles. The smallest absolute Gasteiger partial charge is 0.0299 e. The van der Waals surface area contributed by atoms with Crippen molar-refractivity contribution < 1.29 is 0 Å². The molecule has 1 fully saturated rings. The zero-order chi connectivity index (χ0) is 10.5. The van der Waals surface area contributed by atoms with E-state index in [1.807, 2.05) is 11.3 Å². The molecule has 0 atom stereocenters. The zero-order valence-corrected chi connectivity index (χ0v) is 10.4. The highest BCUT2D eigenvalue weighted by Gasteiger charge is 2.16. The van der Waals surface area contributed by atoms with Crippen molar-refractivity contribution in [3.63, 3.8) is 0 Å². The summed E-state index contributed by atoms with van der Waals surface area (Å²) in [4.78, 5) is 2.99. The van der Waals surface area contributed by atoms with Crippen LogP contribution in [0.5, 0.6) is 0 Å². The van der Waals surface area contributed by atoms with Crippen LogP contribution in [0.15, 0.2) is 12.1 Å². The van der Waals surface area contributed by atoms with E-state index in [2.05, 4.69) is 24.4 Å². The standard InChI is InChI=1S/C13H21NS/c1-2-12-6-7-13(15-12)10-14-9-8-11-4-3-5-11/h6-7,11,14H,2-5,8-10H2,1H3. The molecule has 1 aliphatic carbocycles. The van der Waals surface area contributed by atoms with Gasteiger partial charge in [-0.1, -0.05) is 26.2 Å². The van der Waals surface area contributed by atoms with Gasteiger partial charge in [-0.3, -0.25) is 0 Å². The van der Waals surface area contributed by atoms with Gasteiger partial charge in [0.05, 0.1) is 0 Å². The van der Waals surface area contributed by atoms with Gasteiger partial charge in [0, 0.05) is 16.3 Å². The van der Waals surface area contributed by atoms with Crippen molar-refractivity contribution >= 4 is 11.3 Å². The summed E-state index contributed by atoms with van der Waals surface area (Å²) in [6.45, 7) is 4.49. The van der Waals surface area contributed by atoms with Gasteiger partial charge in [0.15, 0.2) is 0 Å². The van der Waals surface area contributed by atoms with Gasteiger partial charge in [0.25, 0.3) is 0 Å². The molecule has 1 aliphatic rings. The van der Waals surface area contributed by atoms with Crippen molar-refractivity contribution in [1.29, 1.82) is 0 Å². The third-order valence-electron chi connectivity index (χ3n) is 3.32. The van der Waals surface area contributed by atoms with E-state index in [0.29, 0.717) is 0 Å². The lowest BCUT2D eigenvalue weighted by atomic mass is 9.83. The predicted molar refractivity (Wildman–Crippen MR) is 67.4 cm³/mol. The van der Waals surface area contributed by atoms with Crippen LogP contribution in [0.2, 0.25) is 0 Å². The van der Waals surface area contributed by atoms with Crippen LogP contribution in [-0.2, 0) is 13.0 Å². The van der Waals surface area contributed by atoms with E-state index in [9.17, 15) is 0 Å². The average Bonchev–Trinajstić information content (AvgIpc) is 2.62. The molecule has 1 nitrogen and oxygen atoms in total. The first-order valence-electron chi connectivity index (χ1n) is 6.16. The van der Waals surface area contributed by atoms with E-state index in [1.165, 1.54) is 48.4 Å². The predicted octanol–water partition coefficient (Wildman–Crippen LogP) is 3.59. The molecule has 2 heteroatoms. The fourth-order valence-electron chi connectivity index (χ4n) is 2.01. The second-order valence-electron chi connectivity index (χ2n) is 4.48. The first-order valence-corrected chi connectivity index (χ1v) is 6.98. The fraction of sp³-hybridized carbons (Fsp3) is 0.692. The van der Waals surface area contributed by atoms with Crippen LogP contribution >= 0.6 is 11.3 Å². The number of nitrogens with one attached hydrogen (secondary N) is 1. The monoisotopic (exact) mass is 223 g/mol. The normalized spacial score (nSPS) is 16.6. The highest BCUT2D eigenvalue weighted by molar-refractivity contribution is 7.11. The molecule has 0 saturated heterocycles. The molecule has 1 saturated carbocycles. The van der Waals surface area contributed by atoms with Crippen molar-refractivity contribution in [1.82, 2.24) is 5.32 Å². The Morgan fingerprint density at radius 2 is 2.13 bits per heavy atom. The van der Waals surface area contributed by atoms with E-state index >= 15 is 0 Å². The van der Waals surface area contributed by atoms with Crippen molar-refractivity contribution in [3.05, 3.63) is 21.9 Å². The van der Waals surface area contributed by atoms with Gasteiger partial charge in [-0.05, 0) is 37.4 Å². The Morgan fingerprint density at radius 1 is 1.33 bits per heavy atom. The number of hydrogen-bond acceptors (Lipinski definition) is 2. The van der Waals surface area contributed by atoms with Crippen molar-refractivity contribution in [2.24, 2.45) is 5.92 Å².